The molecule has 0 bridgehead atoms. The van der Waals surface area contributed by atoms with Crippen LogP contribution in [0.2, 0.25) is 0 Å². The molecule has 3 nitrogen and oxygen atoms in total. The van der Waals surface area contributed by atoms with Crippen LogP contribution in [0.25, 0.3) is 6.08 Å². The van der Waals surface area contributed by atoms with E-state index in [1.807, 2.05) is 6.07 Å². The van der Waals surface area contributed by atoms with Crippen LogP contribution in [0.4, 0.5) is 8.78 Å². The van der Waals surface area contributed by atoms with Crippen molar-refractivity contribution in [3.05, 3.63) is 76.9 Å². The Hall–Kier alpha value is -2.82. The molecular weight excluding hydrogens is 302 g/mol. The summed E-state index contributed by atoms with van der Waals surface area (Å²) in [4.78, 5) is 23.6. The molecule has 0 heterocycles. The smallest absolute Gasteiger partial charge is 0.342 e. The number of Topliss-reactive ketones (excluding diaryl/α,β-unsaturated/α-hetero) is 1. The van der Waals surface area contributed by atoms with Crippen molar-refractivity contribution in [3.63, 3.8) is 0 Å². The highest BCUT2D eigenvalue weighted by atomic mass is 19.1. The minimum Gasteiger partial charge on any atom is -0.457 e. The summed E-state index contributed by atoms with van der Waals surface area (Å²) in [5.74, 6) is -3.02. The first-order valence-corrected chi connectivity index (χ1v) is 6.86. The average molecular weight is 316 g/mol. The van der Waals surface area contributed by atoms with Crippen molar-refractivity contribution in [2.24, 2.45) is 0 Å². The minimum atomic E-state index is -0.861. The van der Waals surface area contributed by atoms with Crippen molar-refractivity contribution in [2.45, 2.75) is 13.5 Å². The van der Waals surface area contributed by atoms with Crippen molar-refractivity contribution >= 4 is 17.8 Å². The summed E-state index contributed by atoms with van der Waals surface area (Å²) < 4.78 is 31.6. The van der Waals surface area contributed by atoms with Gasteiger partial charge in [-0.2, -0.15) is 0 Å². The summed E-state index contributed by atoms with van der Waals surface area (Å²) in [6.45, 7) is 1.17. The summed E-state index contributed by atoms with van der Waals surface area (Å²) in [6.07, 6.45) is 1.06. The zero-order valence-corrected chi connectivity index (χ0v) is 12.4. The zero-order valence-electron chi connectivity index (χ0n) is 12.4. The van der Waals surface area contributed by atoms with Gasteiger partial charge in [-0.25, -0.2) is 13.6 Å². The van der Waals surface area contributed by atoms with Crippen LogP contribution < -0.4 is 0 Å². The lowest BCUT2D eigenvalue weighted by Crippen LogP contribution is -2.13. The first-order chi connectivity index (χ1) is 11.0. The van der Waals surface area contributed by atoms with E-state index in [2.05, 4.69) is 0 Å². The Balaban J connectivity index is 2.18. The van der Waals surface area contributed by atoms with Crippen molar-refractivity contribution in [1.29, 1.82) is 0 Å². The Kier molecular flexibility index (Phi) is 5.36. The number of carbonyl (C=O) groups excluding carboxylic acids is 2. The number of halogens is 2. The fourth-order valence-corrected chi connectivity index (χ4v) is 1.88. The number of rotatable bonds is 5. The molecule has 0 aromatic heterocycles. The van der Waals surface area contributed by atoms with Crippen molar-refractivity contribution in [2.75, 3.05) is 0 Å². The topological polar surface area (TPSA) is 43.4 Å². The molecule has 0 N–H and O–H groups in total. The van der Waals surface area contributed by atoms with Crippen LogP contribution in [0.3, 0.4) is 0 Å². The van der Waals surface area contributed by atoms with Gasteiger partial charge in [0.1, 0.15) is 23.8 Å². The van der Waals surface area contributed by atoms with E-state index in [1.54, 1.807) is 24.3 Å². The molecule has 0 amide bonds. The van der Waals surface area contributed by atoms with E-state index in [0.29, 0.717) is 6.07 Å². The quantitative estimate of drug-likeness (QED) is 0.366. The molecule has 118 valence electrons. The number of hydrogen-bond donors (Lipinski definition) is 0. The van der Waals surface area contributed by atoms with Gasteiger partial charge in [-0.05, 0) is 30.7 Å². The molecule has 5 heteroatoms. The van der Waals surface area contributed by atoms with Crippen LogP contribution in [-0.2, 0) is 20.9 Å². The number of ether oxygens (including phenoxy) is 1. The van der Waals surface area contributed by atoms with Crippen molar-refractivity contribution < 1.29 is 23.1 Å². The maximum Gasteiger partial charge on any atom is 0.342 e. The molecular formula is C18H14F2O3. The van der Waals surface area contributed by atoms with Gasteiger partial charge in [0.2, 0.25) is 0 Å². The first kappa shape index (κ1) is 16.5. The predicted octanol–water partition coefficient (Wildman–Crippen LogP) is 3.68. The number of hydrogen-bond acceptors (Lipinski definition) is 3. The standard InChI is InChI=1S/C18H14F2O3/c1-12(21)16(9-14-7-8-15(19)10-17(14)20)18(22)23-11-13-5-3-2-4-6-13/h2-10H,11H2,1H3. The Morgan fingerprint density at radius 3 is 2.39 bits per heavy atom. The van der Waals surface area contributed by atoms with E-state index in [9.17, 15) is 18.4 Å². The maximum absolute atomic E-state index is 13.6. The lowest BCUT2D eigenvalue weighted by molar-refractivity contribution is -0.141. The molecule has 0 saturated carbocycles. The molecule has 2 aromatic carbocycles. The highest BCUT2D eigenvalue weighted by Gasteiger charge is 2.17. The van der Waals surface area contributed by atoms with Gasteiger partial charge in [-0.3, -0.25) is 4.79 Å². The van der Waals surface area contributed by atoms with E-state index in [1.165, 1.54) is 6.92 Å². The predicted molar refractivity (Wildman–Crippen MR) is 81.3 cm³/mol. The Morgan fingerprint density at radius 1 is 1.09 bits per heavy atom. The summed E-state index contributed by atoms with van der Waals surface area (Å²) in [6, 6.07) is 11.8. The van der Waals surface area contributed by atoms with E-state index in [0.717, 1.165) is 23.8 Å². The summed E-state index contributed by atoms with van der Waals surface area (Å²) in [5, 5.41) is 0. The fourth-order valence-electron chi connectivity index (χ4n) is 1.88. The molecule has 2 rings (SSSR count). The monoisotopic (exact) mass is 316 g/mol. The molecule has 0 fully saturated rings. The Labute approximate surface area is 132 Å². The Morgan fingerprint density at radius 2 is 1.78 bits per heavy atom. The van der Waals surface area contributed by atoms with Crippen LogP contribution in [0.15, 0.2) is 54.1 Å². The normalized spacial score (nSPS) is 11.2. The molecule has 2 aromatic rings. The maximum atomic E-state index is 13.6. The van der Waals surface area contributed by atoms with Crippen LogP contribution >= 0.6 is 0 Å². The molecule has 0 radical (unpaired) electrons. The third-order valence-electron chi connectivity index (χ3n) is 3.07. The third kappa shape index (κ3) is 4.57. The van der Waals surface area contributed by atoms with E-state index >= 15 is 0 Å². The van der Waals surface area contributed by atoms with Crippen LogP contribution in [0.5, 0.6) is 0 Å². The van der Waals surface area contributed by atoms with Gasteiger partial charge in [0, 0.05) is 11.6 Å². The molecule has 23 heavy (non-hydrogen) atoms. The van der Waals surface area contributed by atoms with Gasteiger partial charge in [0.05, 0.1) is 0 Å². The molecule has 0 spiro atoms. The summed E-state index contributed by atoms with van der Waals surface area (Å²) in [7, 11) is 0. The van der Waals surface area contributed by atoms with Crippen molar-refractivity contribution in [3.8, 4) is 0 Å². The third-order valence-corrected chi connectivity index (χ3v) is 3.07. The van der Waals surface area contributed by atoms with Crippen LogP contribution in [0, 0.1) is 11.6 Å². The lowest BCUT2D eigenvalue weighted by Gasteiger charge is -2.07. The molecule has 0 aliphatic rings. The minimum absolute atomic E-state index is 0.00378. The largest absolute Gasteiger partial charge is 0.457 e. The van der Waals surface area contributed by atoms with E-state index in [-0.39, 0.29) is 17.7 Å². The molecule has 0 aliphatic heterocycles. The Bertz CT molecular complexity index is 752. The van der Waals surface area contributed by atoms with Gasteiger partial charge in [-0.1, -0.05) is 30.3 Å². The number of esters is 1. The van der Waals surface area contributed by atoms with Gasteiger partial charge < -0.3 is 4.74 Å². The molecule has 0 atom stereocenters. The van der Waals surface area contributed by atoms with Crippen LogP contribution in [0.1, 0.15) is 18.1 Å². The number of carbonyl (C=O) groups is 2. The van der Waals surface area contributed by atoms with Gasteiger partial charge in [-0.15, -0.1) is 0 Å². The molecule has 0 unspecified atom stereocenters. The lowest BCUT2D eigenvalue weighted by atomic mass is 10.1. The summed E-state index contributed by atoms with van der Waals surface area (Å²) in [5.41, 5.74) is 0.399. The molecule has 0 saturated heterocycles. The highest BCUT2D eigenvalue weighted by molar-refractivity contribution is 6.19. The van der Waals surface area contributed by atoms with Gasteiger partial charge in [0.15, 0.2) is 5.78 Å². The van der Waals surface area contributed by atoms with E-state index in [4.69, 9.17) is 4.74 Å². The first-order valence-electron chi connectivity index (χ1n) is 6.86. The van der Waals surface area contributed by atoms with Gasteiger partial charge >= 0.3 is 5.97 Å². The van der Waals surface area contributed by atoms with Crippen molar-refractivity contribution in [1.82, 2.24) is 0 Å². The zero-order chi connectivity index (χ0) is 16.8. The second-order valence-corrected chi connectivity index (χ2v) is 4.84. The van der Waals surface area contributed by atoms with Gasteiger partial charge in [0.25, 0.3) is 0 Å². The highest BCUT2D eigenvalue weighted by Crippen LogP contribution is 2.15. The van der Waals surface area contributed by atoms with E-state index < -0.39 is 23.4 Å². The number of ketones is 1. The second kappa shape index (κ2) is 7.45. The average Bonchev–Trinajstić information content (AvgIpc) is 2.52. The van der Waals surface area contributed by atoms with Crippen LogP contribution in [-0.4, -0.2) is 11.8 Å². The number of benzene rings is 2. The molecule has 0 aliphatic carbocycles. The SMILES string of the molecule is CC(=O)C(=Cc1ccc(F)cc1F)C(=O)OCc1ccccc1. The fraction of sp³-hybridized carbons (Fsp3) is 0.111. The second-order valence-electron chi connectivity index (χ2n) is 4.84. The summed E-state index contributed by atoms with van der Waals surface area (Å²) >= 11 is 0.